The second kappa shape index (κ2) is 4.90. The van der Waals surface area contributed by atoms with Crippen molar-refractivity contribution in [3.05, 3.63) is 40.0 Å². The lowest BCUT2D eigenvalue weighted by Crippen LogP contribution is -2.06. The summed E-state index contributed by atoms with van der Waals surface area (Å²) in [6.45, 7) is 1.33. The molecule has 0 bridgehead atoms. The number of rotatable bonds is 2. The summed E-state index contributed by atoms with van der Waals surface area (Å²) in [5.41, 5.74) is 1.80. The van der Waals surface area contributed by atoms with Crippen LogP contribution in [0, 0.1) is 0 Å². The molecule has 3 rings (SSSR count). The second-order valence-electron chi connectivity index (χ2n) is 4.59. The van der Waals surface area contributed by atoms with E-state index in [1.165, 1.54) is 0 Å². The number of aromatic nitrogens is 1. The van der Waals surface area contributed by atoms with Crippen LogP contribution in [-0.2, 0) is 4.74 Å². The Labute approximate surface area is 118 Å². The topological polar surface area (TPSA) is 59.4 Å². The summed E-state index contributed by atoms with van der Waals surface area (Å²) in [4.78, 5) is 16.0. The lowest BCUT2D eigenvalue weighted by atomic mass is 10.00. The predicted octanol–water partition coefficient (Wildman–Crippen LogP) is 3.20. The molecule has 1 aromatic heterocycles. The Morgan fingerprint density at radius 1 is 1.47 bits per heavy atom. The molecule has 0 saturated carbocycles. The Morgan fingerprint density at radius 2 is 2.32 bits per heavy atom. The average Bonchev–Trinajstić information content (AvgIpc) is 2.91. The number of fused-ring (bicyclic) bond motifs is 1. The molecule has 1 saturated heterocycles. The van der Waals surface area contributed by atoms with Gasteiger partial charge in [-0.05, 0) is 24.6 Å². The lowest BCUT2D eigenvalue weighted by Gasteiger charge is -2.11. The van der Waals surface area contributed by atoms with Crippen molar-refractivity contribution in [2.75, 3.05) is 13.2 Å². The number of aromatic carboxylic acids is 1. The van der Waals surface area contributed by atoms with Gasteiger partial charge >= 0.3 is 5.97 Å². The maximum atomic E-state index is 11.5. The number of halogens is 1. The molecule has 1 unspecified atom stereocenters. The van der Waals surface area contributed by atoms with Gasteiger partial charge in [0.25, 0.3) is 0 Å². The van der Waals surface area contributed by atoms with Crippen molar-refractivity contribution in [1.82, 2.24) is 4.98 Å². The Hall–Kier alpha value is -1.46. The molecular formula is C14H12BrNO3. The molecule has 1 atom stereocenters. The van der Waals surface area contributed by atoms with Gasteiger partial charge in [-0.1, -0.05) is 22.0 Å². The minimum absolute atomic E-state index is 0.196. The molecule has 0 aliphatic carbocycles. The number of ether oxygens (including phenoxy) is 1. The molecule has 98 valence electrons. The number of nitrogens with zero attached hydrogens (tertiary/aromatic N) is 1. The van der Waals surface area contributed by atoms with Crippen molar-refractivity contribution in [2.24, 2.45) is 0 Å². The van der Waals surface area contributed by atoms with Crippen LogP contribution in [-0.4, -0.2) is 29.3 Å². The maximum Gasteiger partial charge on any atom is 0.336 e. The Bertz CT molecular complexity index is 650. The number of carbonyl (C=O) groups is 1. The zero-order valence-electron chi connectivity index (χ0n) is 10.1. The van der Waals surface area contributed by atoms with Gasteiger partial charge in [0, 0.05) is 28.1 Å². The zero-order valence-corrected chi connectivity index (χ0v) is 11.7. The van der Waals surface area contributed by atoms with E-state index in [1.54, 1.807) is 6.07 Å². The van der Waals surface area contributed by atoms with Crippen LogP contribution < -0.4 is 0 Å². The van der Waals surface area contributed by atoms with Gasteiger partial charge in [-0.2, -0.15) is 0 Å². The molecule has 4 nitrogen and oxygen atoms in total. The van der Waals surface area contributed by atoms with E-state index in [1.807, 2.05) is 18.2 Å². The first-order valence-corrected chi connectivity index (χ1v) is 6.86. The number of hydrogen-bond acceptors (Lipinski definition) is 3. The second-order valence-corrected chi connectivity index (χ2v) is 5.45. The number of carboxylic acids is 1. The first-order chi connectivity index (χ1) is 9.16. The van der Waals surface area contributed by atoms with Crippen molar-refractivity contribution in [2.45, 2.75) is 12.3 Å². The summed E-state index contributed by atoms with van der Waals surface area (Å²) in [7, 11) is 0. The highest BCUT2D eigenvalue weighted by Gasteiger charge is 2.22. The van der Waals surface area contributed by atoms with Gasteiger partial charge in [0.1, 0.15) is 0 Å². The fourth-order valence-corrected chi connectivity index (χ4v) is 2.98. The van der Waals surface area contributed by atoms with E-state index in [9.17, 15) is 9.90 Å². The highest BCUT2D eigenvalue weighted by Crippen LogP contribution is 2.31. The first-order valence-electron chi connectivity index (χ1n) is 6.07. The van der Waals surface area contributed by atoms with Gasteiger partial charge in [0.05, 0.1) is 17.7 Å². The van der Waals surface area contributed by atoms with Crippen LogP contribution in [0.3, 0.4) is 0 Å². The van der Waals surface area contributed by atoms with Crippen molar-refractivity contribution in [3.63, 3.8) is 0 Å². The smallest absolute Gasteiger partial charge is 0.336 e. The van der Waals surface area contributed by atoms with Gasteiger partial charge in [-0.25, -0.2) is 4.79 Å². The highest BCUT2D eigenvalue weighted by atomic mass is 79.9. The molecule has 0 amide bonds. The van der Waals surface area contributed by atoms with Gasteiger partial charge < -0.3 is 9.84 Å². The Balaban J connectivity index is 2.24. The molecule has 1 N–H and O–H groups in total. The minimum Gasteiger partial charge on any atom is -0.478 e. The third-order valence-electron chi connectivity index (χ3n) is 3.38. The van der Waals surface area contributed by atoms with E-state index in [0.717, 1.165) is 16.6 Å². The van der Waals surface area contributed by atoms with Crippen LogP contribution in [0.15, 0.2) is 28.7 Å². The Kier molecular flexibility index (Phi) is 3.24. The molecule has 2 heterocycles. The SMILES string of the molecule is O=C(O)c1cc(C2CCOC2)nc2cccc(Br)c12. The van der Waals surface area contributed by atoms with Crippen molar-refractivity contribution >= 4 is 32.8 Å². The molecule has 1 aromatic carbocycles. The highest BCUT2D eigenvalue weighted by molar-refractivity contribution is 9.10. The lowest BCUT2D eigenvalue weighted by molar-refractivity contribution is 0.0698. The van der Waals surface area contributed by atoms with E-state index >= 15 is 0 Å². The third kappa shape index (κ3) is 2.24. The molecule has 5 heteroatoms. The van der Waals surface area contributed by atoms with Gasteiger partial charge in [-0.15, -0.1) is 0 Å². The van der Waals surface area contributed by atoms with Crippen LogP contribution >= 0.6 is 15.9 Å². The third-order valence-corrected chi connectivity index (χ3v) is 4.04. The summed E-state index contributed by atoms with van der Waals surface area (Å²) >= 11 is 3.40. The van der Waals surface area contributed by atoms with Gasteiger partial charge in [0.15, 0.2) is 0 Å². The molecule has 1 aliphatic rings. The molecule has 19 heavy (non-hydrogen) atoms. The number of benzene rings is 1. The summed E-state index contributed by atoms with van der Waals surface area (Å²) in [6, 6.07) is 7.20. The molecule has 0 spiro atoms. The van der Waals surface area contributed by atoms with Crippen LogP contribution in [0.1, 0.15) is 28.4 Å². The normalized spacial score (nSPS) is 18.9. The zero-order chi connectivity index (χ0) is 13.4. The summed E-state index contributed by atoms with van der Waals surface area (Å²) in [6.07, 6.45) is 0.894. The molecule has 1 aliphatic heterocycles. The fraction of sp³-hybridized carbons (Fsp3) is 0.286. The molecular weight excluding hydrogens is 310 g/mol. The Morgan fingerprint density at radius 3 is 3.00 bits per heavy atom. The largest absolute Gasteiger partial charge is 0.478 e. The van der Waals surface area contributed by atoms with Crippen LogP contribution in [0.2, 0.25) is 0 Å². The summed E-state index contributed by atoms with van der Waals surface area (Å²) < 4.78 is 6.10. The average molecular weight is 322 g/mol. The standard InChI is InChI=1S/C14H12BrNO3/c15-10-2-1-3-11-13(10)9(14(17)18)6-12(16-11)8-4-5-19-7-8/h1-3,6,8H,4-5,7H2,(H,17,18). The summed E-state index contributed by atoms with van der Waals surface area (Å²) in [5, 5.41) is 10.0. The van der Waals surface area contributed by atoms with Crippen molar-refractivity contribution in [3.8, 4) is 0 Å². The molecule has 1 fully saturated rings. The van der Waals surface area contributed by atoms with Crippen molar-refractivity contribution < 1.29 is 14.6 Å². The van der Waals surface area contributed by atoms with E-state index in [2.05, 4.69) is 20.9 Å². The molecule has 2 aromatic rings. The minimum atomic E-state index is -0.931. The molecule has 0 radical (unpaired) electrons. The van der Waals surface area contributed by atoms with E-state index in [-0.39, 0.29) is 5.92 Å². The monoisotopic (exact) mass is 321 g/mol. The number of carboxylic acid groups (broad SMARTS) is 1. The van der Waals surface area contributed by atoms with E-state index < -0.39 is 5.97 Å². The van der Waals surface area contributed by atoms with Gasteiger partial charge in [0.2, 0.25) is 0 Å². The van der Waals surface area contributed by atoms with Crippen LogP contribution in [0.5, 0.6) is 0 Å². The maximum absolute atomic E-state index is 11.5. The fourth-order valence-electron chi connectivity index (χ4n) is 2.41. The predicted molar refractivity (Wildman–Crippen MR) is 74.6 cm³/mol. The number of pyridine rings is 1. The van der Waals surface area contributed by atoms with Crippen LogP contribution in [0.25, 0.3) is 10.9 Å². The van der Waals surface area contributed by atoms with Crippen LogP contribution in [0.4, 0.5) is 0 Å². The quantitative estimate of drug-likeness (QED) is 0.922. The first kappa shape index (κ1) is 12.6. The van der Waals surface area contributed by atoms with Crippen molar-refractivity contribution in [1.29, 1.82) is 0 Å². The summed E-state index contributed by atoms with van der Waals surface area (Å²) in [5.74, 6) is -0.735. The number of hydrogen-bond donors (Lipinski definition) is 1. The van der Waals surface area contributed by atoms with E-state index in [4.69, 9.17) is 4.74 Å². The van der Waals surface area contributed by atoms with Gasteiger partial charge in [-0.3, -0.25) is 4.98 Å². The van der Waals surface area contributed by atoms with E-state index in [0.29, 0.717) is 29.7 Å².